The van der Waals surface area contributed by atoms with E-state index in [9.17, 15) is 0 Å². The van der Waals surface area contributed by atoms with Gasteiger partial charge in [0.05, 0.1) is 12.2 Å². The van der Waals surface area contributed by atoms with Gasteiger partial charge in [-0.2, -0.15) is 0 Å². The smallest absolute Gasteiger partial charge is 0.0629 e. The van der Waals surface area contributed by atoms with Crippen LogP contribution in [0.2, 0.25) is 0 Å². The molecular formula is C19H27NO. The molecule has 0 aliphatic rings. The molecule has 2 heteroatoms. The Morgan fingerprint density at radius 2 is 1.76 bits per heavy atom. The lowest BCUT2D eigenvalue weighted by Gasteiger charge is -2.25. The largest absolute Gasteiger partial charge is 0.374 e. The van der Waals surface area contributed by atoms with Crippen LogP contribution in [0, 0.1) is 0 Å². The highest BCUT2D eigenvalue weighted by atomic mass is 16.5. The minimum absolute atomic E-state index is 0.0908. The average Bonchev–Trinajstić information content (AvgIpc) is 2.44. The van der Waals surface area contributed by atoms with Crippen molar-refractivity contribution in [3.05, 3.63) is 48.0 Å². The van der Waals surface area contributed by atoms with Crippen LogP contribution in [0.5, 0.6) is 0 Å². The van der Waals surface area contributed by atoms with Crippen molar-refractivity contribution >= 4 is 10.8 Å². The lowest BCUT2D eigenvalue weighted by molar-refractivity contribution is -0.0141. The van der Waals surface area contributed by atoms with Crippen LogP contribution >= 0.6 is 0 Å². The number of fused-ring (bicyclic) bond motifs is 1. The summed E-state index contributed by atoms with van der Waals surface area (Å²) >= 11 is 0. The average molecular weight is 285 g/mol. The van der Waals surface area contributed by atoms with E-state index in [0.29, 0.717) is 6.04 Å². The van der Waals surface area contributed by atoms with E-state index in [1.165, 1.54) is 16.3 Å². The van der Waals surface area contributed by atoms with Crippen LogP contribution in [0.1, 0.15) is 33.3 Å². The molecule has 2 aromatic carbocycles. The van der Waals surface area contributed by atoms with E-state index in [1.807, 2.05) is 0 Å². The van der Waals surface area contributed by atoms with Gasteiger partial charge in [-0.1, -0.05) is 49.4 Å². The Bertz CT molecular complexity index is 566. The van der Waals surface area contributed by atoms with E-state index in [1.54, 1.807) is 0 Å². The molecular weight excluding hydrogens is 258 g/mol. The molecule has 2 rings (SSSR count). The van der Waals surface area contributed by atoms with Gasteiger partial charge in [0, 0.05) is 6.04 Å². The van der Waals surface area contributed by atoms with Gasteiger partial charge in [-0.15, -0.1) is 0 Å². The molecule has 0 aliphatic carbocycles. The molecule has 0 heterocycles. The predicted octanol–water partition coefficient (Wildman–Crippen LogP) is 4.18. The van der Waals surface area contributed by atoms with Crippen molar-refractivity contribution in [1.29, 1.82) is 0 Å². The Morgan fingerprint density at radius 3 is 2.48 bits per heavy atom. The molecule has 1 N–H and O–H groups in total. The summed E-state index contributed by atoms with van der Waals surface area (Å²) in [6.45, 7) is 10.2. The molecule has 21 heavy (non-hydrogen) atoms. The van der Waals surface area contributed by atoms with Crippen molar-refractivity contribution in [2.24, 2.45) is 0 Å². The zero-order valence-electron chi connectivity index (χ0n) is 13.6. The van der Waals surface area contributed by atoms with E-state index in [0.717, 1.165) is 19.6 Å². The zero-order chi connectivity index (χ0) is 15.3. The second-order valence-electron chi connectivity index (χ2n) is 6.52. The minimum Gasteiger partial charge on any atom is -0.374 e. The van der Waals surface area contributed by atoms with Gasteiger partial charge < -0.3 is 10.1 Å². The molecule has 2 nitrogen and oxygen atoms in total. The summed E-state index contributed by atoms with van der Waals surface area (Å²) in [5.74, 6) is 0. The number of hydrogen-bond donors (Lipinski definition) is 1. The van der Waals surface area contributed by atoms with Crippen molar-refractivity contribution in [2.75, 3.05) is 13.2 Å². The van der Waals surface area contributed by atoms with Gasteiger partial charge in [0.2, 0.25) is 0 Å². The molecule has 0 amide bonds. The van der Waals surface area contributed by atoms with Crippen molar-refractivity contribution in [1.82, 2.24) is 5.32 Å². The van der Waals surface area contributed by atoms with Gasteiger partial charge in [0.1, 0.15) is 0 Å². The highest BCUT2D eigenvalue weighted by Gasteiger charge is 2.16. The third-order valence-corrected chi connectivity index (χ3v) is 3.56. The lowest BCUT2D eigenvalue weighted by Crippen LogP contribution is -2.38. The Labute approximate surface area is 128 Å². The van der Waals surface area contributed by atoms with Crippen molar-refractivity contribution in [3.63, 3.8) is 0 Å². The van der Waals surface area contributed by atoms with Crippen LogP contribution in [0.15, 0.2) is 42.5 Å². The molecule has 0 aliphatic heterocycles. The van der Waals surface area contributed by atoms with Crippen LogP contribution in [0.4, 0.5) is 0 Å². The van der Waals surface area contributed by atoms with Gasteiger partial charge in [-0.3, -0.25) is 0 Å². The number of likely N-dealkylation sites (N-methyl/N-ethyl adjacent to an activating group) is 1. The zero-order valence-corrected chi connectivity index (χ0v) is 13.6. The molecule has 1 unspecified atom stereocenters. The van der Waals surface area contributed by atoms with Crippen LogP contribution in [0.25, 0.3) is 10.8 Å². The number of ether oxygens (including phenoxy) is 1. The van der Waals surface area contributed by atoms with Gasteiger partial charge in [-0.25, -0.2) is 0 Å². The third kappa shape index (κ3) is 4.83. The first-order valence-electron chi connectivity index (χ1n) is 7.83. The van der Waals surface area contributed by atoms with E-state index in [2.05, 4.69) is 75.5 Å². The summed E-state index contributed by atoms with van der Waals surface area (Å²) in [4.78, 5) is 0. The fraction of sp³-hybridized carbons (Fsp3) is 0.474. The Kier molecular flexibility index (Phi) is 5.38. The maximum Gasteiger partial charge on any atom is 0.0629 e. The van der Waals surface area contributed by atoms with Gasteiger partial charge in [-0.05, 0) is 50.1 Å². The first-order chi connectivity index (χ1) is 9.99. The molecule has 0 saturated carbocycles. The monoisotopic (exact) mass is 285 g/mol. The molecule has 0 fully saturated rings. The topological polar surface area (TPSA) is 21.3 Å². The van der Waals surface area contributed by atoms with Crippen LogP contribution < -0.4 is 5.32 Å². The highest BCUT2D eigenvalue weighted by Crippen LogP contribution is 2.20. The molecule has 0 spiro atoms. The maximum absolute atomic E-state index is 5.97. The maximum atomic E-state index is 5.97. The molecule has 114 valence electrons. The molecule has 1 atom stereocenters. The summed E-state index contributed by atoms with van der Waals surface area (Å²) in [6.07, 6.45) is 0.991. The summed E-state index contributed by atoms with van der Waals surface area (Å²) in [5.41, 5.74) is 1.29. The fourth-order valence-corrected chi connectivity index (χ4v) is 2.57. The predicted molar refractivity (Wildman–Crippen MR) is 90.8 cm³/mol. The normalized spacial score (nSPS) is 13.5. The lowest BCUT2D eigenvalue weighted by atomic mass is 9.99. The molecule has 0 bridgehead atoms. The van der Waals surface area contributed by atoms with Gasteiger partial charge >= 0.3 is 0 Å². The second-order valence-corrected chi connectivity index (χ2v) is 6.52. The summed E-state index contributed by atoms with van der Waals surface area (Å²) < 4.78 is 5.97. The van der Waals surface area contributed by atoms with Crippen molar-refractivity contribution < 1.29 is 4.74 Å². The highest BCUT2D eigenvalue weighted by molar-refractivity contribution is 5.85. The van der Waals surface area contributed by atoms with Gasteiger partial charge in [0.25, 0.3) is 0 Å². The number of nitrogens with one attached hydrogen (secondary N) is 1. The van der Waals surface area contributed by atoms with E-state index in [-0.39, 0.29) is 5.60 Å². The van der Waals surface area contributed by atoms with Gasteiger partial charge in [0.15, 0.2) is 0 Å². The Morgan fingerprint density at radius 1 is 1.05 bits per heavy atom. The molecule has 2 aromatic rings. The number of benzene rings is 2. The quantitative estimate of drug-likeness (QED) is 0.860. The van der Waals surface area contributed by atoms with E-state index < -0.39 is 0 Å². The summed E-state index contributed by atoms with van der Waals surface area (Å²) in [7, 11) is 0. The Balaban J connectivity index is 2.15. The Hall–Kier alpha value is -1.38. The first kappa shape index (κ1) is 16.0. The second kappa shape index (κ2) is 7.06. The standard InChI is InChI=1S/C19H27NO/c1-5-20-17(14-21-19(2,3)4)13-16-11-8-10-15-9-6-7-12-18(15)16/h6-12,17,20H,5,13-14H2,1-4H3. The molecule has 0 aromatic heterocycles. The van der Waals surface area contributed by atoms with Crippen molar-refractivity contribution in [3.8, 4) is 0 Å². The SMILES string of the molecule is CCNC(COC(C)(C)C)Cc1cccc2ccccc12. The summed E-state index contributed by atoms with van der Waals surface area (Å²) in [6, 6.07) is 15.5. The van der Waals surface area contributed by atoms with Crippen LogP contribution in [-0.2, 0) is 11.2 Å². The van der Waals surface area contributed by atoms with E-state index in [4.69, 9.17) is 4.74 Å². The summed E-state index contributed by atoms with van der Waals surface area (Å²) in [5, 5.41) is 6.20. The first-order valence-corrected chi connectivity index (χ1v) is 7.83. The molecule has 0 radical (unpaired) electrons. The molecule has 0 saturated heterocycles. The van der Waals surface area contributed by atoms with Crippen LogP contribution in [0.3, 0.4) is 0 Å². The minimum atomic E-state index is -0.0908. The number of hydrogen-bond acceptors (Lipinski definition) is 2. The third-order valence-electron chi connectivity index (χ3n) is 3.56. The van der Waals surface area contributed by atoms with Crippen molar-refractivity contribution in [2.45, 2.75) is 45.8 Å². The number of rotatable bonds is 6. The fourth-order valence-electron chi connectivity index (χ4n) is 2.57. The van der Waals surface area contributed by atoms with Crippen LogP contribution in [-0.4, -0.2) is 24.8 Å². The van der Waals surface area contributed by atoms with E-state index >= 15 is 0 Å².